The Labute approximate surface area is 172 Å². The van der Waals surface area contributed by atoms with Crippen molar-refractivity contribution in [2.24, 2.45) is 0 Å². The van der Waals surface area contributed by atoms with Gasteiger partial charge in [-0.1, -0.05) is 53.7 Å². The highest BCUT2D eigenvalue weighted by molar-refractivity contribution is 7.99. The van der Waals surface area contributed by atoms with Crippen molar-refractivity contribution in [2.75, 3.05) is 31.8 Å². The van der Waals surface area contributed by atoms with Crippen LogP contribution in [0, 0.1) is 0 Å². The van der Waals surface area contributed by atoms with Gasteiger partial charge >= 0.3 is 0 Å². The maximum absolute atomic E-state index is 12.3. The van der Waals surface area contributed by atoms with Crippen molar-refractivity contribution in [3.63, 3.8) is 0 Å². The van der Waals surface area contributed by atoms with E-state index in [0.29, 0.717) is 34.9 Å². The van der Waals surface area contributed by atoms with Gasteiger partial charge in [0.1, 0.15) is 12.4 Å². The molecule has 3 rings (SSSR count). The number of carbonyl (C=O) groups is 1. The molecule has 146 valence electrons. The Bertz CT molecular complexity index is 918. The van der Waals surface area contributed by atoms with Crippen molar-refractivity contribution in [1.82, 2.24) is 19.8 Å². The summed E-state index contributed by atoms with van der Waals surface area (Å²) in [6.45, 7) is 0.854. The highest BCUT2D eigenvalue weighted by Crippen LogP contribution is 2.21. The molecule has 1 amide bonds. The maximum Gasteiger partial charge on any atom is 0.232 e. The summed E-state index contributed by atoms with van der Waals surface area (Å²) in [7, 11) is 1.73. The summed E-state index contributed by atoms with van der Waals surface area (Å²) in [6, 6.07) is 16.6. The predicted molar refractivity (Wildman–Crippen MR) is 111 cm³/mol. The lowest BCUT2D eigenvalue weighted by atomic mass is 10.2. The number of carbonyl (C=O) groups excluding carboxylic acids is 1. The summed E-state index contributed by atoms with van der Waals surface area (Å²) in [5.41, 5.74) is 0.868. The number of ether oxygens (including phenoxy) is 1. The van der Waals surface area contributed by atoms with E-state index in [4.69, 9.17) is 22.2 Å². The third-order valence-electron chi connectivity index (χ3n) is 3.96. The van der Waals surface area contributed by atoms with Crippen LogP contribution < -0.4 is 10.6 Å². The zero-order valence-electron chi connectivity index (χ0n) is 15.3. The van der Waals surface area contributed by atoms with Gasteiger partial charge in [0.25, 0.3) is 0 Å². The molecule has 2 N–H and O–H groups in total. The van der Waals surface area contributed by atoms with Crippen LogP contribution in [0.15, 0.2) is 59.8 Å². The van der Waals surface area contributed by atoms with E-state index in [1.165, 1.54) is 16.4 Å². The molecule has 3 aromatic rings. The third kappa shape index (κ3) is 5.17. The monoisotopic (exact) mass is 417 g/mol. The van der Waals surface area contributed by atoms with E-state index in [2.05, 4.69) is 10.2 Å². The van der Waals surface area contributed by atoms with E-state index in [1.807, 2.05) is 30.3 Å². The number of nitrogen functional groups attached to an aromatic ring is 1. The summed E-state index contributed by atoms with van der Waals surface area (Å²) >= 11 is 7.09. The first-order chi connectivity index (χ1) is 13.5. The second kappa shape index (κ2) is 9.48. The van der Waals surface area contributed by atoms with Gasteiger partial charge in [-0.3, -0.25) is 4.79 Å². The lowest BCUT2D eigenvalue weighted by molar-refractivity contribution is -0.127. The smallest absolute Gasteiger partial charge is 0.232 e. The average molecular weight is 418 g/mol. The number of likely N-dealkylation sites (N-methyl/N-ethyl adjacent to an activating group) is 1. The molecule has 0 aliphatic carbocycles. The van der Waals surface area contributed by atoms with Crippen molar-refractivity contribution < 1.29 is 9.53 Å². The minimum atomic E-state index is -0.0473. The topological polar surface area (TPSA) is 86.3 Å². The van der Waals surface area contributed by atoms with Crippen LogP contribution in [0.1, 0.15) is 0 Å². The van der Waals surface area contributed by atoms with Gasteiger partial charge in [0, 0.05) is 17.6 Å². The molecule has 0 fully saturated rings. The Hall–Kier alpha value is -2.71. The first kappa shape index (κ1) is 20.0. The maximum atomic E-state index is 12.3. The molecule has 0 aliphatic rings. The molecular weight excluding hydrogens is 398 g/mol. The van der Waals surface area contributed by atoms with Gasteiger partial charge in [0.15, 0.2) is 5.82 Å². The van der Waals surface area contributed by atoms with Crippen molar-refractivity contribution in [2.45, 2.75) is 5.16 Å². The number of benzene rings is 2. The van der Waals surface area contributed by atoms with E-state index in [-0.39, 0.29) is 11.7 Å². The first-order valence-electron chi connectivity index (χ1n) is 8.55. The molecule has 7 nitrogen and oxygen atoms in total. The van der Waals surface area contributed by atoms with Crippen LogP contribution >= 0.6 is 23.4 Å². The molecule has 2 aromatic carbocycles. The summed E-state index contributed by atoms with van der Waals surface area (Å²) in [5.74, 6) is 7.50. The number of aromatic nitrogens is 3. The van der Waals surface area contributed by atoms with E-state index in [0.717, 1.165) is 5.56 Å². The molecule has 0 saturated carbocycles. The largest absolute Gasteiger partial charge is 0.492 e. The lowest BCUT2D eigenvalue weighted by Crippen LogP contribution is -2.32. The lowest BCUT2D eigenvalue weighted by Gasteiger charge is -2.17. The number of amides is 1. The number of rotatable bonds is 8. The predicted octanol–water partition coefficient (Wildman–Crippen LogP) is 2.94. The highest BCUT2D eigenvalue weighted by Gasteiger charge is 2.15. The Morgan fingerprint density at radius 2 is 1.89 bits per heavy atom. The quantitative estimate of drug-likeness (QED) is 0.448. The Kier molecular flexibility index (Phi) is 6.78. The van der Waals surface area contributed by atoms with Gasteiger partial charge in [-0.15, -0.1) is 10.2 Å². The highest BCUT2D eigenvalue weighted by atomic mass is 35.5. The molecule has 0 bridgehead atoms. The second-order valence-corrected chi connectivity index (χ2v) is 7.33. The molecule has 28 heavy (non-hydrogen) atoms. The van der Waals surface area contributed by atoms with E-state index in [9.17, 15) is 4.79 Å². The van der Waals surface area contributed by atoms with Crippen LogP contribution in [0.25, 0.3) is 11.4 Å². The molecule has 0 aliphatic heterocycles. The van der Waals surface area contributed by atoms with Crippen LogP contribution in [0.4, 0.5) is 0 Å². The molecule has 1 aromatic heterocycles. The summed E-state index contributed by atoms with van der Waals surface area (Å²) in [6.07, 6.45) is 0. The van der Waals surface area contributed by atoms with Crippen LogP contribution in [-0.2, 0) is 4.79 Å². The number of halogens is 1. The molecule has 0 saturated heterocycles. The van der Waals surface area contributed by atoms with Crippen LogP contribution in [0.2, 0.25) is 5.02 Å². The average Bonchev–Trinajstić information content (AvgIpc) is 3.08. The minimum absolute atomic E-state index is 0.0473. The SMILES string of the molecule is CN(CCOc1ccc(Cl)cc1)C(=O)CSc1nnc(-c2ccccc2)n1N. The number of nitrogens with two attached hydrogens (primary N) is 1. The Morgan fingerprint density at radius 1 is 1.18 bits per heavy atom. The standard InChI is InChI=1S/C19H20ClN5O2S/c1-24(11-12-27-16-9-7-15(20)8-10-16)17(26)13-28-19-23-22-18(25(19)21)14-5-3-2-4-6-14/h2-10H,11-13,21H2,1H3. The normalized spacial score (nSPS) is 10.6. The molecule has 9 heteroatoms. The Balaban J connectivity index is 1.47. The zero-order chi connectivity index (χ0) is 19.9. The Morgan fingerprint density at radius 3 is 2.61 bits per heavy atom. The van der Waals surface area contributed by atoms with Gasteiger partial charge in [0.2, 0.25) is 11.1 Å². The van der Waals surface area contributed by atoms with Gasteiger partial charge in [-0.25, -0.2) is 4.68 Å². The second-order valence-electron chi connectivity index (χ2n) is 5.95. The summed E-state index contributed by atoms with van der Waals surface area (Å²) < 4.78 is 7.01. The molecule has 0 radical (unpaired) electrons. The van der Waals surface area contributed by atoms with E-state index < -0.39 is 0 Å². The van der Waals surface area contributed by atoms with Crippen LogP contribution in [0.3, 0.4) is 0 Å². The third-order valence-corrected chi connectivity index (χ3v) is 5.14. The number of hydrogen-bond acceptors (Lipinski definition) is 6. The van der Waals surface area contributed by atoms with Gasteiger partial charge < -0.3 is 15.5 Å². The molecular formula is C19H20ClN5O2S. The summed E-state index contributed by atoms with van der Waals surface area (Å²) in [4.78, 5) is 13.9. The number of thioether (sulfide) groups is 1. The van der Waals surface area contributed by atoms with E-state index in [1.54, 1.807) is 36.2 Å². The molecule has 0 unspecified atom stereocenters. The fourth-order valence-corrected chi connectivity index (χ4v) is 3.28. The van der Waals surface area contributed by atoms with Crippen molar-refractivity contribution in [3.8, 4) is 17.1 Å². The zero-order valence-corrected chi connectivity index (χ0v) is 16.9. The van der Waals surface area contributed by atoms with Crippen LogP contribution in [0.5, 0.6) is 5.75 Å². The molecule has 0 atom stereocenters. The van der Waals surface area contributed by atoms with Crippen LogP contribution in [-0.4, -0.2) is 51.6 Å². The van der Waals surface area contributed by atoms with Crippen molar-refractivity contribution in [1.29, 1.82) is 0 Å². The number of nitrogens with zero attached hydrogens (tertiary/aromatic N) is 4. The van der Waals surface area contributed by atoms with Crippen molar-refractivity contribution in [3.05, 3.63) is 59.6 Å². The number of hydrogen-bond donors (Lipinski definition) is 1. The van der Waals surface area contributed by atoms with Crippen molar-refractivity contribution >= 4 is 29.3 Å². The van der Waals surface area contributed by atoms with E-state index >= 15 is 0 Å². The fraction of sp³-hybridized carbons (Fsp3) is 0.211. The molecule has 0 spiro atoms. The van der Waals surface area contributed by atoms with Gasteiger partial charge in [-0.2, -0.15) is 0 Å². The molecule has 1 heterocycles. The summed E-state index contributed by atoms with van der Waals surface area (Å²) in [5, 5.41) is 9.32. The first-order valence-corrected chi connectivity index (χ1v) is 9.92. The minimum Gasteiger partial charge on any atom is -0.492 e. The van der Waals surface area contributed by atoms with Gasteiger partial charge in [0.05, 0.1) is 12.3 Å². The van der Waals surface area contributed by atoms with Gasteiger partial charge in [-0.05, 0) is 24.3 Å². The fourth-order valence-electron chi connectivity index (χ4n) is 2.35.